The number of thiazole rings is 1. The molecule has 0 saturated heterocycles. The van der Waals surface area contributed by atoms with Crippen LogP contribution in [0.25, 0.3) is 11.0 Å². The number of para-hydroxylation sites is 1. The molecule has 1 atom stereocenters. The molecule has 2 aromatic carbocycles. The lowest BCUT2D eigenvalue weighted by molar-refractivity contribution is 0.0605. The molecule has 0 saturated carbocycles. The first-order valence-corrected chi connectivity index (χ1v) is 12.7. The number of carbonyl (C=O) groups excluding carboxylic acids is 2. The second-order valence-corrected chi connectivity index (χ2v) is 9.37. The normalized spacial score (nSPS) is 14.4. The molecule has 9 nitrogen and oxygen atoms in total. The van der Waals surface area contributed by atoms with Crippen molar-refractivity contribution in [3.05, 3.63) is 92.8 Å². The van der Waals surface area contributed by atoms with Crippen molar-refractivity contribution in [2.75, 3.05) is 25.2 Å². The maximum atomic E-state index is 13.8. The van der Waals surface area contributed by atoms with Gasteiger partial charge < -0.3 is 18.6 Å². The number of aryl methyl sites for hydroxylation is 1. The fourth-order valence-electron chi connectivity index (χ4n) is 4.43. The van der Waals surface area contributed by atoms with Gasteiger partial charge in [-0.2, -0.15) is 0 Å². The highest BCUT2D eigenvalue weighted by Crippen LogP contribution is 2.44. The molecule has 0 radical (unpaired) electrons. The summed E-state index contributed by atoms with van der Waals surface area (Å²) in [6, 6.07) is 11.1. The molecule has 10 heteroatoms. The van der Waals surface area contributed by atoms with E-state index in [1.165, 1.54) is 12.0 Å². The van der Waals surface area contributed by atoms with E-state index in [1.54, 1.807) is 55.5 Å². The number of amides is 1. The van der Waals surface area contributed by atoms with Gasteiger partial charge in [0.25, 0.3) is 5.91 Å². The van der Waals surface area contributed by atoms with E-state index in [0.717, 1.165) is 11.3 Å². The third-order valence-corrected chi connectivity index (χ3v) is 7.22. The molecule has 2 aromatic heterocycles. The first-order chi connectivity index (χ1) is 18.4. The van der Waals surface area contributed by atoms with Crippen molar-refractivity contribution in [2.24, 2.45) is 0 Å². The number of esters is 1. The molecule has 0 bridgehead atoms. The Labute approximate surface area is 221 Å². The zero-order valence-electron chi connectivity index (χ0n) is 21.0. The Morgan fingerprint density at radius 3 is 2.71 bits per heavy atom. The van der Waals surface area contributed by atoms with E-state index in [4.69, 9.17) is 18.6 Å². The van der Waals surface area contributed by atoms with E-state index in [9.17, 15) is 14.4 Å². The maximum absolute atomic E-state index is 13.8. The van der Waals surface area contributed by atoms with E-state index in [0.29, 0.717) is 40.3 Å². The van der Waals surface area contributed by atoms with Gasteiger partial charge in [0, 0.05) is 0 Å². The highest BCUT2D eigenvalue weighted by Gasteiger charge is 2.45. The number of nitrogens with zero attached hydrogens (tertiary/aromatic N) is 2. The van der Waals surface area contributed by atoms with Crippen molar-refractivity contribution in [1.82, 2.24) is 4.98 Å². The van der Waals surface area contributed by atoms with Gasteiger partial charge in [-0.15, -0.1) is 0 Å². The summed E-state index contributed by atoms with van der Waals surface area (Å²) in [6.07, 6.45) is 1.62. The Balaban J connectivity index is 1.75. The maximum Gasteiger partial charge on any atom is 0.350 e. The van der Waals surface area contributed by atoms with Gasteiger partial charge in [-0.3, -0.25) is 14.5 Å². The van der Waals surface area contributed by atoms with Gasteiger partial charge in [-0.05, 0) is 43.7 Å². The minimum absolute atomic E-state index is 0.0730. The van der Waals surface area contributed by atoms with Crippen LogP contribution in [0.2, 0.25) is 0 Å². The molecule has 0 N–H and O–H groups in total. The number of methoxy groups -OCH3 is 1. The first kappa shape index (κ1) is 25.2. The Morgan fingerprint density at radius 1 is 1.18 bits per heavy atom. The molecule has 0 aliphatic carbocycles. The number of hydrogen-bond acceptors (Lipinski definition) is 9. The highest BCUT2D eigenvalue weighted by molar-refractivity contribution is 7.17. The highest BCUT2D eigenvalue weighted by atomic mass is 32.1. The largest absolute Gasteiger partial charge is 0.490 e. The zero-order valence-corrected chi connectivity index (χ0v) is 21.8. The molecule has 194 valence electrons. The minimum Gasteiger partial charge on any atom is -0.490 e. The average Bonchev–Trinajstić information content (AvgIpc) is 3.45. The predicted molar refractivity (Wildman–Crippen MR) is 143 cm³/mol. The summed E-state index contributed by atoms with van der Waals surface area (Å²) in [4.78, 5) is 46.1. The Hall–Kier alpha value is -4.44. The molecule has 0 unspecified atom stereocenters. The van der Waals surface area contributed by atoms with Gasteiger partial charge in [0.05, 0.1) is 36.4 Å². The van der Waals surface area contributed by atoms with Gasteiger partial charge in [-0.1, -0.05) is 42.2 Å². The number of ether oxygens (including phenoxy) is 3. The first-order valence-electron chi connectivity index (χ1n) is 11.8. The second-order valence-electron chi connectivity index (χ2n) is 8.39. The Morgan fingerprint density at radius 2 is 1.97 bits per heavy atom. The third kappa shape index (κ3) is 4.12. The Kier molecular flexibility index (Phi) is 6.73. The summed E-state index contributed by atoms with van der Waals surface area (Å²) in [7, 11) is 1.28. The smallest absolute Gasteiger partial charge is 0.350 e. The number of hydrogen-bond donors (Lipinski definition) is 0. The van der Waals surface area contributed by atoms with Crippen LogP contribution in [-0.4, -0.2) is 37.2 Å². The van der Waals surface area contributed by atoms with E-state index < -0.39 is 17.9 Å². The number of aromatic nitrogens is 1. The van der Waals surface area contributed by atoms with Crippen LogP contribution in [0.5, 0.6) is 11.5 Å². The number of fused-ring (bicyclic) bond motifs is 2. The molecule has 1 aliphatic rings. The van der Waals surface area contributed by atoms with Crippen molar-refractivity contribution in [2.45, 2.75) is 19.9 Å². The lowest BCUT2D eigenvalue weighted by Gasteiger charge is -2.23. The summed E-state index contributed by atoms with van der Waals surface area (Å²) in [5, 5.41) is 0.588. The lowest BCUT2D eigenvalue weighted by atomic mass is 9.98. The summed E-state index contributed by atoms with van der Waals surface area (Å²) < 4.78 is 22.4. The van der Waals surface area contributed by atoms with Crippen LogP contribution in [0.15, 0.2) is 64.3 Å². The van der Waals surface area contributed by atoms with Crippen molar-refractivity contribution >= 4 is 39.3 Å². The molecule has 3 heterocycles. The van der Waals surface area contributed by atoms with Crippen molar-refractivity contribution in [3.63, 3.8) is 0 Å². The third-order valence-electron chi connectivity index (χ3n) is 6.08. The monoisotopic (exact) mass is 532 g/mol. The molecule has 0 spiro atoms. The van der Waals surface area contributed by atoms with Crippen molar-refractivity contribution in [3.8, 4) is 11.5 Å². The van der Waals surface area contributed by atoms with Gasteiger partial charge in [0.2, 0.25) is 5.76 Å². The predicted octanol–water partition coefficient (Wildman–Crippen LogP) is 5.06. The van der Waals surface area contributed by atoms with Gasteiger partial charge in [-0.25, -0.2) is 9.78 Å². The molecule has 1 aliphatic heterocycles. The van der Waals surface area contributed by atoms with Crippen LogP contribution in [0, 0.1) is 6.92 Å². The van der Waals surface area contributed by atoms with Crippen LogP contribution in [-0.2, 0) is 4.74 Å². The summed E-state index contributed by atoms with van der Waals surface area (Å²) in [5.74, 6) is -0.230. The van der Waals surface area contributed by atoms with E-state index in [-0.39, 0.29) is 33.4 Å². The zero-order chi connectivity index (χ0) is 27.0. The SMILES string of the molecule is C=CCOc1ccc([C@H]2c3c(oc4ccccc4c3=O)C(=O)N2c2nc(C)c(C(=O)OC)s2)cc1OCC. The van der Waals surface area contributed by atoms with E-state index in [1.807, 2.05) is 6.92 Å². The van der Waals surface area contributed by atoms with Crippen LogP contribution in [0.3, 0.4) is 0 Å². The number of benzene rings is 2. The summed E-state index contributed by atoms with van der Waals surface area (Å²) >= 11 is 1.01. The second kappa shape index (κ2) is 10.1. The van der Waals surface area contributed by atoms with Crippen LogP contribution in [0.4, 0.5) is 5.13 Å². The van der Waals surface area contributed by atoms with Gasteiger partial charge in [0.1, 0.15) is 17.1 Å². The standard InChI is InChI=1S/C28H24N2O7S/c1-5-13-36-19-12-11-16(14-20(19)35-6-2)22-21-23(31)17-9-7-8-10-18(17)37-24(21)26(32)30(22)28-29-15(3)25(38-28)27(33)34-4/h5,7-12,14,22H,1,6,13H2,2-4H3/t22-/m0/s1. The van der Waals surface area contributed by atoms with Crippen LogP contribution in [0.1, 0.15) is 50.0 Å². The summed E-state index contributed by atoms with van der Waals surface area (Å²) in [5.41, 5.74) is 1.16. The molecule has 4 aromatic rings. The lowest BCUT2D eigenvalue weighted by Crippen LogP contribution is -2.29. The molecule has 5 rings (SSSR count). The topological polar surface area (TPSA) is 108 Å². The molecule has 0 fully saturated rings. The molecular formula is C28H24N2O7S. The number of anilines is 1. The van der Waals surface area contributed by atoms with E-state index in [2.05, 4.69) is 11.6 Å². The average molecular weight is 533 g/mol. The van der Waals surface area contributed by atoms with Crippen molar-refractivity contribution < 1.29 is 28.2 Å². The molecular weight excluding hydrogens is 508 g/mol. The van der Waals surface area contributed by atoms with Gasteiger partial charge >= 0.3 is 5.97 Å². The van der Waals surface area contributed by atoms with Gasteiger partial charge in [0.15, 0.2) is 22.1 Å². The van der Waals surface area contributed by atoms with E-state index >= 15 is 0 Å². The Bertz CT molecular complexity index is 1640. The number of carbonyl (C=O) groups is 2. The number of rotatable bonds is 8. The fourth-order valence-corrected chi connectivity index (χ4v) is 5.44. The summed E-state index contributed by atoms with van der Waals surface area (Å²) in [6.45, 7) is 7.83. The van der Waals surface area contributed by atoms with Crippen LogP contribution < -0.4 is 19.8 Å². The quantitative estimate of drug-likeness (QED) is 0.229. The molecule has 38 heavy (non-hydrogen) atoms. The fraction of sp³-hybridized carbons (Fsp3) is 0.214. The molecule has 1 amide bonds. The van der Waals surface area contributed by atoms with Crippen molar-refractivity contribution in [1.29, 1.82) is 0 Å². The van der Waals surface area contributed by atoms with Crippen LogP contribution >= 0.6 is 11.3 Å². The minimum atomic E-state index is -0.887.